The standard InChI is InChI=1S/C63H102O6/c1-4-7-10-13-16-19-22-24-26-27-28-29-30-31-32-33-34-35-37-38-41-44-47-50-53-56-62(65)68-59-60(58-67-61(64)55-52-49-46-43-40-21-18-15-12-9-6-3)69-63(66)57-54-51-48-45-42-39-36-25-23-20-17-14-11-8-5-2/h7-8,10-11,15-20,24-26,28-29,31-32,36,42,45,60H,4-6,9,12-14,21-23,27,30,33-35,37-41,43-44,46-59H2,1-3H3/b10-7-,11-8-,18-15-,19-16-,20-17-,26-24-,29-28-,32-31-,36-25-,45-42-. The molecule has 0 aliphatic heterocycles. The average molecular weight is 956 g/mol. The fraction of sp³-hybridized carbons (Fsp3) is 0.635. The topological polar surface area (TPSA) is 78.9 Å². The van der Waals surface area contributed by atoms with Gasteiger partial charge in [-0.2, -0.15) is 0 Å². The van der Waals surface area contributed by atoms with Gasteiger partial charge in [-0.15, -0.1) is 0 Å². The second-order valence-corrected chi connectivity index (χ2v) is 18.1. The van der Waals surface area contributed by atoms with E-state index in [1.54, 1.807) is 0 Å². The third kappa shape index (κ3) is 54.6. The van der Waals surface area contributed by atoms with E-state index in [-0.39, 0.29) is 37.5 Å². The maximum Gasteiger partial charge on any atom is 0.306 e. The molecule has 0 aliphatic rings. The Hall–Kier alpha value is -4.19. The van der Waals surface area contributed by atoms with Crippen LogP contribution >= 0.6 is 0 Å². The quantitative estimate of drug-likeness (QED) is 0.0262. The third-order valence-electron chi connectivity index (χ3n) is 11.4. The SMILES string of the molecule is CC/C=C\C/C=C\C/C=C\C/C=C\C/C=C\CCCCCCCCCCCC(=O)OCC(COC(=O)CCCCCCC/C=C\CCCC)OC(=O)CCCC/C=C\C/C=C\C/C=C\C/C=C\CC. The smallest absolute Gasteiger partial charge is 0.306 e. The van der Waals surface area contributed by atoms with Crippen molar-refractivity contribution in [1.82, 2.24) is 0 Å². The Bertz CT molecular complexity index is 1470. The number of unbranched alkanes of at least 4 members (excludes halogenated alkanes) is 18. The zero-order valence-corrected chi connectivity index (χ0v) is 44.5. The van der Waals surface area contributed by atoms with Crippen molar-refractivity contribution >= 4 is 17.9 Å². The summed E-state index contributed by atoms with van der Waals surface area (Å²) in [6, 6.07) is 0. The van der Waals surface area contributed by atoms with Gasteiger partial charge in [0.2, 0.25) is 0 Å². The number of ether oxygens (including phenoxy) is 3. The zero-order chi connectivity index (χ0) is 50.0. The van der Waals surface area contributed by atoms with Crippen molar-refractivity contribution in [2.24, 2.45) is 0 Å². The van der Waals surface area contributed by atoms with Crippen molar-refractivity contribution < 1.29 is 28.6 Å². The predicted octanol–water partition coefficient (Wildman–Crippen LogP) is 18.9. The van der Waals surface area contributed by atoms with Crippen LogP contribution in [0.5, 0.6) is 0 Å². The lowest BCUT2D eigenvalue weighted by Gasteiger charge is -2.18. The van der Waals surface area contributed by atoms with Crippen molar-refractivity contribution in [3.05, 3.63) is 122 Å². The van der Waals surface area contributed by atoms with Gasteiger partial charge in [-0.3, -0.25) is 14.4 Å². The monoisotopic (exact) mass is 955 g/mol. The molecule has 0 aliphatic carbocycles. The Morgan fingerprint density at radius 3 is 0.928 bits per heavy atom. The molecule has 6 heteroatoms. The number of rotatable bonds is 49. The molecule has 0 fully saturated rings. The van der Waals surface area contributed by atoms with E-state index in [1.165, 1.54) is 64.2 Å². The molecule has 0 aromatic rings. The van der Waals surface area contributed by atoms with E-state index >= 15 is 0 Å². The van der Waals surface area contributed by atoms with Gasteiger partial charge >= 0.3 is 17.9 Å². The summed E-state index contributed by atoms with van der Waals surface area (Å²) >= 11 is 0. The van der Waals surface area contributed by atoms with E-state index in [0.29, 0.717) is 19.3 Å². The molecule has 0 spiro atoms. The van der Waals surface area contributed by atoms with E-state index in [4.69, 9.17) is 14.2 Å². The van der Waals surface area contributed by atoms with Crippen LogP contribution in [0.3, 0.4) is 0 Å². The molecule has 0 aromatic carbocycles. The minimum atomic E-state index is -0.808. The number of hydrogen-bond acceptors (Lipinski definition) is 6. The van der Waals surface area contributed by atoms with E-state index in [1.807, 2.05) is 0 Å². The molecule has 1 unspecified atom stereocenters. The average Bonchev–Trinajstić information content (AvgIpc) is 3.35. The molecule has 0 aromatic heterocycles. The Balaban J connectivity index is 4.36. The largest absolute Gasteiger partial charge is 0.462 e. The molecule has 390 valence electrons. The molecule has 0 saturated carbocycles. The van der Waals surface area contributed by atoms with Gasteiger partial charge in [0, 0.05) is 19.3 Å². The highest BCUT2D eigenvalue weighted by atomic mass is 16.6. The molecule has 0 amide bonds. The van der Waals surface area contributed by atoms with Crippen LogP contribution in [-0.4, -0.2) is 37.2 Å². The fourth-order valence-electron chi connectivity index (χ4n) is 7.26. The predicted molar refractivity (Wildman–Crippen MR) is 297 cm³/mol. The van der Waals surface area contributed by atoms with Gasteiger partial charge in [-0.1, -0.05) is 219 Å². The van der Waals surface area contributed by atoms with Crippen LogP contribution in [0, 0.1) is 0 Å². The molecule has 0 N–H and O–H groups in total. The van der Waals surface area contributed by atoms with Crippen LogP contribution < -0.4 is 0 Å². The van der Waals surface area contributed by atoms with E-state index in [2.05, 4.69) is 142 Å². The summed E-state index contributed by atoms with van der Waals surface area (Å²) in [7, 11) is 0. The highest BCUT2D eigenvalue weighted by Crippen LogP contribution is 2.14. The first-order valence-electron chi connectivity index (χ1n) is 28.0. The number of allylic oxidation sites excluding steroid dienone is 20. The van der Waals surface area contributed by atoms with Crippen LogP contribution in [0.4, 0.5) is 0 Å². The van der Waals surface area contributed by atoms with Crippen LogP contribution in [0.25, 0.3) is 0 Å². The van der Waals surface area contributed by atoms with Crippen molar-refractivity contribution in [2.75, 3.05) is 13.2 Å². The summed E-state index contributed by atoms with van der Waals surface area (Å²) in [6.45, 7) is 6.31. The number of hydrogen-bond donors (Lipinski definition) is 0. The molecule has 0 bridgehead atoms. The summed E-state index contributed by atoms with van der Waals surface area (Å²) in [4.78, 5) is 38.0. The highest BCUT2D eigenvalue weighted by Gasteiger charge is 2.19. The maximum absolute atomic E-state index is 12.8. The number of carbonyl (C=O) groups excluding carboxylic acids is 3. The Labute approximate surface area is 424 Å². The fourth-order valence-corrected chi connectivity index (χ4v) is 7.26. The molecule has 1 atom stereocenters. The Kier molecular flexibility index (Phi) is 53.0. The van der Waals surface area contributed by atoms with Gasteiger partial charge in [0.1, 0.15) is 13.2 Å². The number of carbonyl (C=O) groups is 3. The van der Waals surface area contributed by atoms with Crippen molar-refractivity contribution in [2.45, 2.75) is 245 Å². The zero-order valence-electron chi connectivity index (χ0n) is 44.5. The van der Waals surface area contributed by atoms with Gasteiger partial charge in [-0.05, 0) is 122 Å². The van der Waals surface area contributed by atoms with Crippen molar-refractivity contribution in [1.29, 1.82) is 0 Å². The molecule has 6 nitrogen and oxygen atoms in total. The third-order valence-corrected chi connectivity index (χ3v) is 11.4. The van der Waals surface area contributed by atoms with Gasteiger partial charge in [0.25, 0.3) is 0 Å². The Morgan fingerprint density at radius 1 is 0.304 bits per heavy atom. The lowest BCUT2D eigenvalue weighted by Crippen LogP contribution is -2.30. The molecule has 0 radical (unpaired) electrons. The van der Waals surface area contributed by atoms with Crippen molar-refractivity contribution in [3.8, 4) is 0 Å². The van der Waals surface area contributed by atoms with Gasteiger partial charge < -0.3 is 14.2 Å². The minimum Gasteiger partial charge on any atom is -0.462 e. The second kappa shape index (κ2) is 56.4. The van der Waals surface area contributed by atoms with Crippen LogP contribution in [0.1, 0.15) is 239 Å². The summed E-state index contributed by atoms with van der Waals surface area (Å²) in [5.74, 6) is -0.965. The summed E-state index contributed by atoms with van der Waals surface area (Å²) in [5.41, 5.74) is 0. The molecular formula is C63H102O6. The second-order valence-electron chi connectivity index (χ2n) is 18.1. The molecule has 0 saturated heterocycles. The van der Waals surface area contributed by atoms with Crippen LogP contribution in [0.2, 0.25) is 0 Å². The molecular weight excluding hydrogens is 853 g/mol. The normalized spacial score (nSPS) is 13.0. The van der Waals surface area contributed by atoms with Crippen LogP contribution in [0.15, 0.2) is 122 Å². The van der Waals surface area contributed by atoms with Crippen molar-refractivity contribution in [3.63, 3.8) is 0 Å². The van der Waals surface area contributed by atoms with E-state index in [0.717, 1.165) is 128 Å². The van der Waals surface area contributed by atoms with Gasteiger partial charge in [-0.25, -0.2) is 0 Å². The van der Waals surface area contributed by atoms with Gasteiger partial charge in [0.15, 0.2) is 6.10 Å². The molecule has 0 heterocycles. The van der Waals surface area contributed by atoms with Gasteiger partial charge in [0.05, 0.1) is 0 Å². The summed E-state index contributed by atoms with van der Waals surface area (Å²) in [5, 5.41) is 0. The number of esters is 3. The maximum atomic E-state index is 12.8. The molecule has 0 rings (SSSR count). The van der Waals surface area contributed by atoms with Crippen LogP contribution in [-0.2, 0) is 28.6 Å². The summed E-state index contributed by atoms with van der Waals surface area (Å²) in [6.07, 6.45) is 77.7. The Morgan fingerprint density at radius 2 is 0.565 bits per heavy atom. The first-order chi connectivity index (χ1) is 34.0. The first-order valence-corrected chi connectivity index (χ1v) is 28.0. The summed E-state index contributed by atoms with van der Waals surface area (Å²) < 4.78 is 16.8. The molecule has 69 heavy (non-hydrogen) atoms. The van der Waals surface area contributed by atoms with E-state index < -0.39 is 6.10 Å². The lowest BCUT2D eigenvalue weighted by molar-refractivity contribution is -0.167. The minimum absolute atomic E-state index is 0.103. The van der Waals surface area contributed by atoms with E-state index in [9.17, 15) is 14.4 Å². The lowest BCUT2D eigenvalue weighted by atomic mass is 10.1. The first kappa shape index (κ1) is 64.8. The highest BCUT2D eigenvalue weighted by molar-refractivity contribution is 5.71.